The van der Waals surface area contributed by atoms with Gasteiger partial charge in [0.05, 0.1) is 6.61 Å². The van der Waals surface area contributed by atoms with E-state index in [4.69, 9.17) is 17.0 Å². The predicted octanol–water partition coefficient (Wildman–Crippen LogP) is 1.69. The van der Waals surface area contributed by atoms with Crippen LogP contribution in [0.2, 0.25) is 0 Å². The normalized spacial score (nSPS) is 11.6. The summed E-state index contributed by atoms with van der Waals surface area (Å²) in [5.74, 6) is 0.709. The number of rotatable bonds is 6. The molecule has 0 aliphatic carbocycles. The molecule has 3 N–H and O–H groups in total. The van der Waals surface area contributed by atoms with E-state index in [1.165, 1.54) is 5.56 Å². The topological polar surface area (TPSA) is 62.4 Å². The van der Waals surface area contributed by atoms with Gasteiger partial charge in [-0.2, -0.15) is 11.8 Å². The highest BCUT2D eigenvalue weighted by molar-refractivity contribution is 7.97. The van der Waals surface area contributed by atoms with Crippen molar-refractivity contribution in [1.29, 1.82) is 0 Å². The molecule has 0 aromatic heterocycles. The van der Waals surface area contributed by atoms with E-state index in [0.717, 1.165) is 5.75 Å². The molecule has 0 unspecified atom stereocenters. The SMILES string of the molecule is COC[C@H](C)NC(=S)NNC(=O)c1ccc(CSC)cc1. The van der Waals surface area contributed by atoms with Crippen molar-refractivity contribution in [3.05, 3.63) is 35.4 Å². The van der Waals surface area contributed by atoms with E-state index < -0.39 is 0 Å². The maximum atomic E-state index is 11.9. The summed E-state index contributed by atoms with van der Waals surface area (Å²) in [4.78, 5) is 11.9. The molecule has 1 amide bonds. The number of hydrazine groups is 1. The Balaban J connectivity index is 2.41. The summed E-state index contributed by atoms with van der Waals surface area (Å²) < 4.78 is 4.99. The van der Waals surface area contributed by atoms with Gasteiger partial charge in [-0.25, -0.2) is 0 Å². The van der Waals surface area contributed by atoms with Crippen molar-refractivity contribution in [1.82, 2.24) is 16.2 Å². The third-order valence-corrected chi connectivity index (χ3v) is 3.45. The molecular weight excluding hydrogens is 306 g/mol. The lowest BCUT2D eigenvalue weighted by atomic mass is 10.1. The largest absolute Gasteiger partial charge is 0.383 e. The number of nitrogens with one attached hydrogen (secondary N) is 3. The molecule has 1 atom stereocenters. The molecule has 5 nitrogen and oxygen atoms in total. The zero-order chi connectivity index (χ0) is 15.7. The smallest absolute Gasteiger partial charge is 0.269 e. The molecule has 1 aromatic rings. The zero-order valence-corrected chi connectivity index (χ0v) is 14.1. The molecule has 1 aromatic carbocycles. The van der Waals surface area contributed by atoms with Crippen molar-refractivity contribution >= 4 is 35.0 Å². The molecule has 0 bridgehead atoms. The monoisotopic (exact) mass is 327 g/mol. The van der Waals surface area contributed by atoms with Gasteiger partial charge in [0.2, 0.25) is 0 Å². The van der Waals surface area contributed by atoms with E-state index in [0.29, 0.717) is 17.3 Å². The molecule has 0 radical (unpaired) electrons. The Bertz CT molecular complexity index is 466. The number of carbonyl (C=O) groups is 1. The molecule has 0 saturated heterocycles. The number of hydrogen-bond donors (Lipinski definition) is 3. The summed E-state index contributed by atoms with van der Waals surface area (Å²) in [6.07, 6.45) is 2.04. The first kappa shape index (κ1) is 17.7. The first-order valence-electron chi connectivity index (χ1n) is 6.50. The van der Waals surface area contributed by atoms with Gasteiger partial charge < -0.3 is 10.1 Å². The quantitative estimate of drug-likeness (QED) is 0.546. The minimum Gasteiger partial charge on any atom is -0.383 e. The van der Waals surface area contributed by atoms with Crippen molar-refractivity contribution < 1.29 is 9.53 Å². The van der Waals surface area contributed by atoms with Gasteiger partial charge in [0.15, 0.2) is 5.11 Å². The van der Waals surface area contributed by atoms with Crippen LogP contribution in [0, 0.1) is 0 Å². The number of carbonyl (C=O) groups excluding carboxylic acids is 1. The van der Waals surface area contributed by atoms with Gasteiger partial charge in [-0.15, -0.1) is 0 Å². The Kier molecular flexibility index (Phi) is 8.11. The number of thiocarbonyl (C=S) groups is 1. The number of amides is 1. The highest BCUT2D eigenvalue weighted by Gasteiger charge is 2.07. The lowest BCUT2D eigenvalue weighted by molar-refractivity contribution is 0.0943. The summed E-state index contributed by atoms with van der Waals surface area (Å²) >= 11 is 6.82. The highest BCUT2D eigenvalue weighted by Crippen LogP contribution is 2.10. The maximum Gasteiger partial charge on any atom is 0.269 e. The van der Waals surface area contributed by atoms with Gasteiger partial charge in [0.1, 0.15) is 0 Å². The Labute approximate surface area is 135 Å². The fourth-order valence-corrected chi connectivity index (χ4v) is 2.43. The Hall–Kier alpha value is -1.31. The minimum absolute atomic E-state index is 0.0673. The molecule has 0 aliphatic rings. The molecule has 7 heteroatoms. The average Bonchev–Trinajstić information content (AvgIpc) is 2.46. The summed E-state index contributed by atoms with van der Waals surface area (Å²) in [5, 5.41) is 3.34. The van der Waals surface area contributed by atoms with Gasteiger partial charge in [-0.05, 0) is 43.1 Å². The van der Waals surface area contributed by atoms with E-state index in [1.807, 2.05) is 25.3 Å². The summed E-state index contributed by atoms with van der Waals surface area (Å²) in [6.45, 7) is 2.47. The number of ether oxygens (including phenoxy) is 1. The van der Waals surface area contributed by atoms with Crippen molar-refractivity contribution in [3.8, 4) is 0 Å². The highest BCUT2D eigenvalue weighted by atomic mass is 32.2. The van der Waals surface area contributed by atoms with Crippen molar-refractivity contribution in [2.75, 3.05) is 20.0 Å². The number of thioether (sulfide) groups is 1. The summed E-state index contributed by atoms with van der Waals surface area (Å²) in [5.41, 5.74) is 7.01. The van der Waals surface area contributed by atoms with Crippen LogP contribution in [0.25, 0.3) is 0 Å². The van der Waals surface area contributed by atoms with Crippen LogP contribution in [-0.2, 0) is 10.5 Å². The molecule has 0 aliphatic heterocycles. The lowest BCUT2D eigenvalue weighted by Crippen LogP contribution is -2.49. The Morgan fingerprint density at radius 1 is 1.33 bits per heavy atom. The van der Waals surface area contributed by atoms with E-state index in [-0.39, 0.29) is 11.9 Å². The lowest BCUT2D eigenvalue weighted by Gasteiger charge is -2.16. The third-order valence-electron chi connectivity index (χ3n) is 2.61. The predicted molar refractivity (Wildman–Crippen MR) is 91.3 cm³/mol. The van der Waals surface area contributed by atoms with Crippen LogP contribution >= 0.6 is 24.0 Å². The van der Waals surface area contributed by atoms with E-state index in [1.54, 1.807) is 31.0 Å². The van der Waals surface area contributed by atoms with E-state index in [2.05, 4.69) is 16.2 Å². The second-order valence-electron chi connectivity index (χ2n) is 4.54. The Morgan fingerprint density at radius 2 is 2.00 bits per heavy atom. The van der Waals surface area contributed by atoms with Gasteiger partial charge in [0.25, 0.3) is 5.91 Å². The number of benzene rings is 1. The molecule has 116 valence electrons. The average molecular weight is 327 g/mol. The van der Waals surface area contributed by atoms with Crippen molar-refractivity contribution in [2.45, 2.75) is 18.7 Å². The molecule has 0 heterocycles. The second kappa shape index (κ2) is 9.59. The molecule has 0 spiro atoms. The molecule has 1 rings (SSSR count). The molecule has 0 saturated carbocycles. The van der Waals surface area contributed by atoms with Crippen molar-refractivity contribution in [3.63, 3.8) is 0 Å². The van der Waals surface area contributed by atoms with Crippen LogP contribution < -0.4 is 16.2 Å². The van der Waals surface area contributed by atoms with Crippen LogP contribution in [-0.4, -0.2) is 37.0 Å². The van der Waals surface area contributed by atoms with Gasteiger partial charge in [-0.1, -0.05) is 12.1 Å². The van der Waals surface area contributed by atoms with Crippen LogP contribution in [0.4, 0.5) is 0 Å². The van der Waals surface area contributed by atoms with Crippen LogP contribution in [0.1, 0.15) is 22.8 Å². The van der Waals surface area contributed by atoms with Gasteiger partial charge in [0, 0.05) is 24.5 Å². The molecule has 0 fully saturated rings. The Morgan fingerprint density at radius 3 is 2.57 bits per heavy atom. The zero-order valence-electron chi connectivity index (χ0n) is 12.4. The first-order valence-corrected chi connectivity index (χ1v) is 8.30. The molecule has 21 heavy (non-hydrogen) atoms. The first-order chi connectivity index (χ1) is 10.1. The number of methoxy groups -OCH3 is 1. The van der Waals surface area contributed by atoms with E-state index >= 15 is 0 Å². The summed E-state index contributed by atoms with van der Waals surface area (Å²) in [7, 11) is 1.62. The fraction of sp³-hybridized carbons (Fsp3) is 0.429. The minimum atomic E-state index is -0.228. The van der Waals surface area contributed by atoms with Crippen molar-refractivity contribution in [2.24, 2.45) is 0 Å². The van der Waals surface area contributed by atoms with Gasteiger partial charge in [-0.3, -0.25) is 15.6 Å². The van der Waals surface area contributed by atoms with Crippen LogP contribution in [0.3, 0.4) is 0 Å². The van der Waals surface area contributed by atoms with Gasteiger partial charge >= 0.3 is 0 Å². The third kappa shape index (κ3) is 6.79. The summed E-state index contributed by atoms with van der Waals surface area (Å²) in [6, 6.07) is 7.56. The standard InChI is InChI=1S/C14H21N3O2S2/c1-10(8-19-2)15-14(20)17-16-13(18)12-6-4-11(5-7-12)9-21-3/h4-7,10H,8-9H2,1-3H3,(H,16,18)(H2,15,17,20)/t10-/m0/s1. The fourth-order valence-electron chi connectivity index (χ4n) is 1.66. The maximum absolute atomic E-state index is 11.9. The number of hydrogen-bond acceptors (Lipinski definition) is 4. The van der Waals surface area contributed by atoms with Crippen LogP contribution in [0.15, 0.2) is 24.3 Å². The molecular formula is C14H21N3O2S2. The second-order valence-corrected chi connectivity index (χ2v) is 5.81. The van der Waals surface area contributed by atoms with E-state index in [9.17, 15) is 4.79 Å². The van der Waals surface area contributed by atoms with Crippen LogP contribution in [0.5, 0.6) is 0 Å².